The fourth-order valence-corrected chi connectivity index (χ4v) is 2.00. The van der Waals surface area contributed by atoms with Gasteiger partial charge in [-0.3, -0.25) is 4.79 Å². The third kappa shape index (κ3) is 3.93. The Balaban J connectivity index is 1.98. The van der Waals surface area contributed by atoms with Crippen molar-refractivity contribution in [3.63, 3.8) is 0 Å². The molecule has 5 nitrogen and oxygen atoms in total. The van der Waals surface area contributed by atoms with Gasteiger partial charge in [0.25, 0.3) is 5.91 Å². The Morgan fingerprint density at radius 2 is 1.86 bits per heavy atom. The number of hydrogen-bond acceptors (Lipinski definition) is 4. The van der Waals surface area contributed by atoms with E-state index in [4.69, 9.17) is 0 Å². The Hall–Kier alpha value is -2.66. The molecule has 5 heteroatoms. The second-order valence-electron chi connectivity index (χ2n) is 4.72. The lowest BCUT2D eigenvalue weighted by Crippen LogP contribution is -2.28. The molecule has 0 bridgehead atoms. The van der Waals surface area contributed by atoms with Gasteiger partial charge < -0.3 is 15.2 Å². The molecule has 114 valence electrons. The average molecular weight is 299 g/mol. The highest BCUT2D eigenvalue weighted by molar-refractivity contribution is 5.89. The first-order valence-corrected chi connectivity index (χ1v) is 6.80. The summed E-state index contributed by atoms with van der Waals surface area (Å²) in [4.78, 5) is 23.4. The molecular weight excluding hydrogens is 282 g/mol. The number of aliphatic hydroxyl groups is 1. The molecule has 0 aliphatic carbocycles. The number of amides is 1. The summed E-state index contributed by atoms with van der Waals surface area (Å²) in [5, 5.41) is 12.6. The Labute approximate surface area is 128 Å². The zero-order valence-corrected chi connectivity index (χ0v) is 12.2. The summed E-state index contributed by atoms with van der Waals surface area (Å²) in [6, 6.07) is 15.5. The molecule has 0 heterocycles. The molecule has 0 saturated heterocycles. The van der Waals surface area contributed by atoms with E-state index in [0.29, 0.717) is 11.1 Å². The summed E-state index contributed by atoms with van der Waals surface area (Å²) in [5.74, 6) is -0.924. The zero-order valence-electron chi connectivity index (χ0n) is 12.2. The smallest absolute Gasteiger partial charge is 0.337 e. The van der Waals surface area contributed by atoms with Crippen molar-refractivity contribution in [1.82, 2.24) is 5.32 Å². The zero-order chi connectivity index (χ0) is 15.9. The molecule has 0 saturated carbocycles. The number of esters is 1. The van der Waals surface area contributed by atoms with E-state index in [-0.39, 0.29) is 6.54 Å². The van der Waals surface area contributed by atoms with E-state index < -0.39 is 18.0 Å². The van der Waals surface area contributed by atoms with E-state index in [0.717, 1.165) is 5.56 Å². The van der Waals surface area contributed by atoms with Crippen molar-refractivity contribution in [1.29, 1.82) is 0 Å². The molecule has 0 aliphatic heterocycles. The predicted octanol–water partition coefficient (Wildman–Crippen LogP) is 1.82. The van der Waals surface area contributed by atoms with Gasteiger partial charge in [-0.05, 0) is 23.3 Å². The van der Waals surface area contributed by atoms with Crippen LogP contribution in [0.2, 0.25) is 0 Å². The number of ether oxygens (including phenoxy) is 1. The Bertz CT molecular complexity index is 655. The van der Waals surface area contributed by atoms with Crippen molar-refractivity contribution in [3.8, 4) is 0 Å². The molecule has 0 radical (unpaired) electrons. The van der Waals surface area contributed by atoms with Gasteiger partial charge in [0.05, 0.1) is 12.7 Å². The number of methoxy groups -OCH3 is 1. The molecule has 0 aromatic heterocycles. The maximum absolute atomic E-state index is 11.9. The molecule has 2 N–H and O–H groups in total. The predicted molar refractivity (Wildman–Crippen MR) is 81.0 cm³/mol. The third-order valence-electron chi connectivity index (χ3n) is 3.18. The molecule has 0 spiro atoms. The SMILES string of the molecule is COC(=O)c1cccc(CNC(=O)C(O)c2ccccc2)c1. The Morgan fingerprint density at radius 3 is 2.55 bits per heavy atom. The van der Waals surface area contributed by atoms with E-state index in [1.54, 1.807) is 48.5 Å². The quantitative estimate of drug-likeness (QED) is 0.826. The fraction of sp³-hybridized carbons (Fsp3) is 0.176. The van der Waals surface area contributed by atoms with Gasteiger partial charge >= 0.3 is 5.97 Å². The van der Waals surface area contributed by atoms with E-state index in [9.17, 15) is 14.7 Å². The largest absolute Gasteiger partial charge is 0.465 e. The molecule has 0 aliphatic rings. The van der Waals surface area contributed by atoms with Crippen LogP contribution in [0.1, 0.15) is 27.6 Å². The van der Waals surface area contributed by atoms with E-state index in [2.05, 4.69) is 10.1 Å². The number of rotatable bonds is 5. The van der Waals surface area contributed by atoms with Gasteiger partial charge in [-0.15, -0.1) is 0 Å². The Kier molecular flexibility index (Phi) is 5.27. The van der Waals surface area contributed by atoms with Crippen LogP contribution < -0.4 is 5.32 Å². The van der Waals surface area contributed by atoms with Crippen LogP contribution in [0.4, 0.5) is 0 Å². The lowest BCUT2D eigenvalue weighted by molar-refractivity contribution is -0.129. The number of carbonyl (C=O) groups excluding carboxylic acids is 2. The second-order valence-corrected chi connectivity index (χ2v) is 4.72. The number of hydrogen-bond donors (Lipinski definition) is 2. The number of aliphatic hydroxyl groups excluding tert-OH is 1. The maximum Gasteiger partial charge on any atom is 0.337 e. The highest BCUT2D eigenvalue weighted by Crippen LogP contribution is 2.12. The summed E-state index contributed by atoms with van der Waals surface area (Å²) in [7, 11) is 1.31. The molecule has 1 atom stereocenters. The monoisotopic (exact) mass is 299 g/mol. The molecule has 2 aromatic carbocycles. The maximum atomic E-state index is 11.9. The Morgan fingerprint density at radius 1 is 1.14 bits per heavy atom. The summed E-state index contributed by atoms with van der Waals surface area (Å²) in [6.07, 6.45) is -1.22. The number of nitrogens with one attached hydrogen (secondary N) is 1. The van der Waals surface area contributed by atoms with Crippen LogP contribution in [0, 0.1) is 0 Å². The van der Waals surface area contributed by atoms with Crippen molar-refractivity contribution in [3.05, 3.63) is 71.3 Å². The van der Waals surface area contributed by atoms with E-state index in [1.807, 2.05) is 6.07 Å². The van der Waals surface area contributed by atoms with E-state index in [1.165, 1.54) is 7.11 Å². The minimum absolute atomic E-state index is 0.216. The molecule has 22 heavy (non-hydrogen) atoms. The summed E-state index contributed by atoms with van der Waals surface area (Å²) >= 11 is 0. The highest BCUT2D eigenvalue weighted by Gasteiger charge is 2.16. The first-order chi connectivity index (χ1) is 10.6. The highest BCUT2D eigenvalue weighted by atomic mass is 16.5. The molecule has 1 unspecified atom stereocenters. The van der Waals surface area contributed by atoms with E-state index >= 15 is 0 Å². The normalized spacial score (nSPS) is 11.5. The van der Waals surface area contributed by atoms with Crippen molar-refractivity contribution in [2.75, 3.05) is 7.11 Å². The van der Waals surface area contributed by atoms with Gasteiger partial charge in [0.1, 0.15) is 0 Å². The van der Waals surface area contributed by atoms with Gasteiger partial charge in [-0.25, -0.2) is 4.79 Å². The molecule has 0 fully saturated rings. The van der Waals surface area contributed by atoms with Crippen molar-refractivity contribution in [2.45, 2.75) is 12.6 Å². The van der Waals surface area contributed by atoms with Crippen LogP contribution in [0.3, 0.4) is 0 Å². The van der Waals surface area contributed by atoms with Crippen LogP contribution in [0.5, 0.6) is 0 Å². The van der Waals surface area contributed by atoms with Crippen LogP contribution in [-0.4, -0.2) is 24.1 Å². The van der Waals surface area contributed by atoms with Crippen molar-refractivity contribution >= 4 is 11.9 Å². The summed E-state index contributed by atoms with van der Waals surface area (Å²) < 4.78 is 4.65. The molecule has 1 amide bonds. The third-order valence-corrected chi connectivity index (χ3v) is 3.18. The second kappa shape index (κ2) is 7.38. The molecule has 2 rings (SSSR count). The first-order valence-electron chi connectivity index (χ1n) is 6.80. The molecular formula is C17H17NO4. The fourth-order valence-electron chi connectivity index (χ4n) is 2.00. The lowest BCUT2D eigenvalue weighted by atomic mass is 10.1. The van der Waals surface area contributed by atoms with Gasteiger partial charge in [-0.2, -0.15) is 0 Å². The van der Waals surface area contributed by atoms with Crippen molar-refractivity contribution in [2.24, 2.45) is 0 Å². The van der Waals surface area contributed by atoms with Crippen LogP contribution in [0.15, 0.2) is 54.6 Å². The van der Waals surface area contributed by atoms with Gasteiger partial charge in [0.15, 0.2) is 6.10 Å². The average Bonchev–Trinajstić information content (AvgIpc) is 2.59. The van der Waals surface area contributed by atoms with Crippen molar-refractivity contribution < 1.29 is 19.4 Å². The van der Waals surface area contributed by atoms with Gasteiger partial charge in [0, 0.05) is 6.54 Å². The topological polar surface area (TPSA) is 75.6 Å². The minimum atomic E-state index is -1.22. The summed E-state index contributed by atoms with van der Waals surface area (Å²) in [6.45, 7) is 0.216. The minimum Gasteiger partial charge on any atom is -0.465 e. The number of benzene rings is 2. The van der Waals surface area contributed by atoms with Gasteiger partial charge in [0.2, 0.25) is 0 Å². The number of carbonyl (C=O) groups is 2. The lowest BCUT2D eigenvalue weighted by Gasteiger charge is -2.12. The van der Waals surface area contributed by atoms with Crippen LogP contribution in [-0.2, 0) is 16.1 Å². The molecule has 2 aromatic rings. The van der Waals surface area contributed by atoms with Crippen LogP contribution in [0.25, 0.3) is 0 Å². The van der Waals surface area contributed by atoms with Gasteiger partial charge in [-0.1, -0.05) is 42.5 Å². The first kappa shape index (κ1) is 15.7. The summed E-state index contributed by atoms with van der Waals surface area (Å²) in [5.41, 5.74) is 1.69. The van der Waals surface area contributed by atoms with Crippen LogP contribution >= 0.6 is 0 Å². The standard InChI is InChI=1S/C17H17NO4/c1-22-17(21)14-9-5-6-12(10-14)11-18-16(20)15(19)13-7-3-2-4-8-13/h2-10,15,19H,11H2,1H3,(H,18,20).